The first-order valence-corrected chi connectivity index (χ1v) is 7.42. The van der Waals surface area contributed by atoms with Gasteiger partial charge < -0.3 is 14.8 Å². The van der Waals surface area contributed by atoms with Crippen molar-refractivity contribution in [1.29, 1.82) is 0 Å². The number of hydrogen-bond donors (Lipinski definition) is 1. The summed E-state index contributed by atoms with van der Waals surface area (Å²) >= 11 is 0. The van der Waals surface area contributed by atoms with Gasteiger partial charge in [0.2, 0.25) is 0 Å². The van der Waals surface area contributed by atoms with Crippen molar-refractivity contribution in [3.63, 3.8) is 0 Å². The lowest BCUT2D eigenvalue weighted by Gasteiger charge is -2.17. The maximum Gasteiger partial charge on any atom is 0.323 e. The summed E-state index contributed by atoms with van der Waals surface area (Å²) in [6.45, 7) is 4.10. The molecule has 0 aromatic heterocycles. The maximum atomic E-state index is 13.8. The van der Waals surface area contributed by atoms with Crippen LogP contribution in [-0.4, -0.2) is 31.3 Å². The Morgan fingerprint density at radius 3 is 2.90 bits per heavy atom. The third-order valence-corrected chi connectivity index (χ3v) is 3.41. The van der Waals surface area contributed by atoms with Crippen LogP contribution in [0.5, 0.6) is 5.75 Å². The number of rotatable bonds is 8. The Morgan fingerprint density at radius 2 is 2.24 bits per heavy atom. The van der Waals surface area contributed by atoms with E-state index >= 15 is 0 Å². The van der Waals surface area contributed by atoms with Gasteiger partial charge in [0.05, 0.1) is 13.2 Å². The van der Waals surface area contributed by atoms with E-state index in [0.717, 1.165) is 12.8 Å². The van der Waals surface area contributed by atoms with E-state index in [1.165, 1.54) is 0 Å². The first kappa shape index (κ1) is 15.8. The zero-order valence-electron chi connectivity index (χ0n) is 12.5. The molecule has 1 aromatic carbocycles. The van der Waals surface area contributed by atoms with Gasteiger partial charge in [0.25, 0.3) is 0 Å². The molecule has 1 fully saturated rings. The molecule has 1 aliphatic rings. The first-order chi connectivity index (χ1) is 10.1. The van der Waals surface area contributed by atoms with Crippen molar-refractivity contribution in [1.82, 2.24) is 5.32 Å². The molecule has 0 saturated heterocycles. The molecule has 1 aromatic rings. The Bertz CT molecular complexity index is 488. The zero-order chi connectivity index (χ0) is 15.2. The van der Waals surface area contributed by atoms with Gasteiger partial charge in [-0.25, -0.2) is 4.39 Å². The van der Waals surface area contributed by atoms with Gasteiger partial charge in [-0.05, 0) is 38.3 Å². The first-order valence-electron chi connectivity index (χ1n) is 7.42. The molecule has 0 aliphatic heterocycles. The smallest absolute Gasteiger partial charge is 0.323 e. The van der Waals surface area contributed by atoms with Crippen molar-refractivity contribution in [2.24, 2.45) is 0 Å². The van der Waals surface area contributed by atoms with Crippen LogP contribution in [-0.2, 0) is 9.53 Å². The number of benzene rings is 1. The second-order valence-corrected chi connectivity index (χ2v) is 5.27. The fourth-order valence-electron chi connectivity index (χ4n) is 2.07. The van der Waals surface area contributed by atoms with Crippen molar-refractivity contribution in [2.75, 3.05) is 13.2 Å². The fourth-order valence-corrected chi connectivity index (χ4v) is 2.07. The topological polar surface area (TPSA) is 47.6 Å². The molecule has 0 amide bonds. The molecule has 1 atom stereocenters. The minimum Gasteiger partial charge on any atom is -0.490 e. The van der Waals surface area contributed by atoms with Crippen molar-refractivity contribution in [3.05, 3.63) is 29.6 Å². The molecule has 0 spiro atoms. The van der Waals surface area contributed by atoms with E-state index in [2.05, 4.69) is 5.32 Å². The highest BCUT2D eigenvalue weighted by Gasteiger charge is 2.29. The molecular formula is C16H22FNO3. The van der Waals surface area contributed by atoms with Crippen LogP contribution in [0.2, 0.25) is 0 Å². The van der Waals surface area contributed by atoms with E-state index in [-0.39, 0.29) is 30.2 Å². The Morgan fingerprint density at radius 1 is 1.48 bits per heavy atom. The van der Waals surface area contributed by atoms with Crippen molar-refractivity contribution in [2.45, 2.75) is 45.2 Å². The van der Waals surface area contributed by atoms with Gasteiger partial charge in [-0.1, -0.05) is 12.1 Å². The average Bonchev–Trinajstić information content (AvgIpc) is 3.26. The highest BCUT2D eigenvalue weighted by molar-refractivity contribution is 5.75. The predicted molar refractivity (Wildman–Crippen MR) is 77.8 cm³/mol. The minimum atomic E-state index is -0.384. The molecule has 2 rings (SSSR count). The largest absolute Gasteiger partial charge is 0.490 e. The monoisotopic (exact) mass is 295 g/mol. The summed E-state index contributed by atoms with van der Waals surface area (Å²) in [6.07, 6.45) is 2.63. The molecule has 1 saturated carbocycles. The van der Waals surface area contributed by atoms with E-state index in [0.29, 0.717) is 24.6 Å². The van der Waals surface area contributed by atoms with Gasteiger partial charge in [0, 0.05) is 12.5 Å². The number of carbonyl (C=O) groups is 1. The van der Waals surface area contributed by atoms with E-state index in [1.807, 2.05) is 0 Å². The number of nitrogens with one attached hydrogen (secondary N) is 1. The summed E-state index contributed by atoms with van der Waals surface area (Å²) < 4.78 is 24.3. The predicted octanol–water partition coefficient (Wildman–Crippen LogP) is 2.59. The second kappa shape index (κ2) is 7.41. The van der Waals surface area contributed by atoms with Crippen molar-refractivity contribution < 1.29 is 18.7 Å². The maximum absolute atomic E-state index is 13.8. The number of aryl methyl sites for hydroxylation is 1. The summed E-state index contributed by atoms with van der Waals surface area (Å²) in [5.41, 5.74) is 0.547. The Labute approximate surface area is 124 Å². The van der Waals surface area contributed by atoms with Crippen LogP contribution < -0.4 is 10.1 Å². The lowest BCUT2D eigenvalue weighted by atomic mass is 10.2. The van der Waals surface area contributed by atoms with E-state index in [9.17, 15) is 9.18 Å². The molecule has 21 heavy (non-hydrogen) atoms. The van der Waals surface area contributed by atoms with Crippen LogP contribution in [0.4, 0.5) is 4.39 Å². The van der Waals surface area contributed by atoms with Gasteiger partial charge in [-0.3, -0.25) is 4.79 Å². The molecule has 1 aliphatic carbocycles. The fraction of sp³-hybridized carbons (Fsp3) is 0.562. The van der Waals surface area contributed by atoms with Gasteiger partial charge in [-0.15, -0.1) is 0 Å². The molecule has 4 nitrogen and oxygen atoms in total. The van der Waals surface area contributed by atoms with Crippen LogP contribution in [0.3, 0.4) is 0 Å². The molecule has 116 valence electrons. The number of esters is 1. The van der Waals surface area contributed by atoms with Gasteiger partial charge in [0.15, 0.2) is 11.6 Å². The minimum absolute atomic E-state index is 0.226. The van der Waals surface area contributed by atoms with Crippen LogP contribution in [0.15, 0.2) is 18.2 Å². The number of halogens is 1. The highest BCUT2D eigenvalue weighted by Crippen LogP contribution is 2.22. The van der Waals surface area contributed by atoms with Crippen LogP contribution in [0, 0.1) is 12.7 Å². The lowest BCUT2D eigenvalue weighted by molar-refractivity contribution is -0.146. The molecule has 0 heterocycles. The lowest BCUT2D eigenvalue weighted by Crippen LogP contribution is -2.40. The molecule has 0 bridgehead atoms. The summed E-state index contributed by atoms with van der Waals surface area (Å²) in [5, 5.41) is 3.24. The summed E-state index contributed by atoms with van der Waals surface area (Å²) in [7, 11) is 0. The van der Waals surface area contributed by atoms with E-state index < -0.39 is 0 Å². The Hall–Kier alpha value is -1.62. The van der Waals surface area contributed by atoms with Crippen molar-refractivity contribution >= 4 is 5.97 Å². The Balaban J connectivity index is 1.85. The Kier molecular flexibility index (Phi) is 5.56. The number of ether oxygens (including phenoxy) is 2. The van der Waals surface area contributed by atoms with Crippen LogP contribution in [0.25, 0.3) is 0 Å². The molecular weight excluding hydrogens is 273 g/mol. The second-order valence-electron chi connectivity index (χ2n) is 5.27. The zero-order valence-corrected chi connectivity index (χ0v) is 12.5. The normalized spacial score (nSPS) is 15.6. The van der Waals surface area contributed by atoms with Gasteiger partial charge >= 0.3 is 5.97 Å². The standard InChI is InChI=1S/C16H22FNO3/c1-3-20-16(19)13(18-12-7-8-12)9-10-21-14-6-4-5-11(2)15(14)17/h4-6,12-13,18H,3,7-10H2,1-2H3. The highest BCUT2D eigenvalue weighted by atomic mass is 19.1. The van der Waals surface area contributed by atoms with Gasteiger partial charge in [-0.2, -0.15) is 0 Å². The van der Waals surface area contributed by atoms with Crippen LogP contribution in [0.1, 0.15) is 31.7 Å². The summed E-state index contributed by atoms with van der Waals surface area (Å²) in [5.74, 6) is -0.387. The number of hydrogen-bond acceptors (Lipinski definition) is 4. The quantitative estimate of drug-likeness (QED) is 0.749. The van der Waals surface area contributed by atoms with Crippen LogP contribution >= 0.6 is 0 Å². The number of carbonyl (C=O) groups excluding carboxylic acids is 1. The van der Waals surface area contributed by atoms with E-state index in [4.69, 9.17) is 9.47 Å². The third kappa shape index (κ3) is 4.70. The van der Waals surface area contributed by atoms with Gasteiger partial charge in [0.1, 0.15) is 6.04 Å². The SMILES string of the molecule is CCOC(=O)C(CCOc1cccc(C)c1F)NC1CC1. The molecule has 0 radical (unpaired) electrons. The average molecular weight is 295 g/mol. The molecule has 1 N–H and O–H groups in total. The van der Waals surface area contributed by atoms with E-state index in [1.54, 1.807) is 32.0 Å². The van der Waals surface area contributed by atoms with Crippen molar-refractivity contribution in [3.8, 4) is 5.75 Å². The summed E-state index contributed by atoms with van der Waals surface area (Å²) in [4.78, 5) is 11.9. The third-order valence-electron chi connectivity index (χ3n) is 3.41. The summed E-state index contributed by atoms with van der Waals surface area (Å²) in [6, 6.07) is 5.05. The molecule has 1 unspecified atom stereocenters. The molecule has 5 heteroatoms.